The molecule has 1 aromatic carbocycles. The molecule has 1 aromatic rings. The van der Waals surface area contributed by atoms with E-state index in [0.29, 0.717) is 5.56 Å². The number of benzene rings is 1. The highest BCUT2D eigenvalue weighted by Gasteiger charge is 2.41. The lowest BCUT2D eigenvalue weighted by Gasteiger charge is -2.09. The van der Waals surface area contributed by atoms with E-state index < -0.39 is 0 Å². The zero-order valence-corrected chi connectivity index (χ0v) is 9.29. The van der Waals surface area contributed by atoms with Crippen molar-refractivity contribution in [1.29, 1.82) is 0 Å². The van der Waals surface area contributed by atoms with Crippen LogP contribution in [-0.2, 0) is 5.54 Å². The van der Waals surface area contributed by atoms with Crippen molar-refractivity contribution in [3.63, 3.8) is 0 Å². The molecule has 1 nitrogen and oxygen atoms in total. The van der Waals surface area contributed by atoms with Gasteiger partial charge in [-0.05, 0) is 25.0 Å². The molecule has 13 heavy (non-hydrogen) atoms. The maximum Gasteiger partial charge on any atom is 0.129 e. The fourth-order valence-electron chi connectivity index (χ4n) is 1.30. The Balaban J connectivity index is 0.000000845. The molecule has 4 heteroatoms. The van der Waals surface area contributed by atoms with Crippen LogP contribution in [0.15, 0.2) is 22.7 Å². The van der Waals surface area contributed by atoms with Crippen molar-refractivity contribution in [2.45, 2.75) is 18.4 Å². The third-order valence-corrected chi connectivity index (χ3v) is 2.75. The van der Waals surface area contributed by atoms with Gasteiger partial charge >= 0.3 is 0 Å². The summed E-state index contributed by atoms with van der Waals surface area (Å²) in [6.07, 6.45) is 1.79. The van der Waals surface area contributed by atoms with Crippen molar-refractivity contribution in [2.75, 3.05) is 0 Å². The number of rotatable bonds is 1. The first kappa shape index (κ1) is 11.0. The highest BCUT2D eigenvalue weighted by molar-refractivity contribution is 9.10. The van der Waals surface area contributed by atoms with Crippen molar-refractivity contribution in [3.05, 3.63) is 34.1 Å². The van der Waals surface area contributed by atoms with Crippen LogP contribution >= 0.6 is 28.3 Å². The van der Waals surface area contributed by atoms with Gasteiger partial charge in [0.05, 0.1) is 0 Å². The van der Waals surface area contributed by atoms with E-state index in [0.717, 1.165) is 17.3 Å². The molecular formula is C9H10BrClFN. The van der Waals surface area contributed by atoms with Gasteiger partial charge in [-0.3, -0.25) is 0 Å². The van der Waals surface area contributed by atoms with Crippen LogP contribution in [-0.4, -0.2) is 0 Å². The number of nitrogens with two attached hydrogens (primary N) is 1. The minimum atomic E-state index is -0.370. The van der Waals surface area contributed by atoms with E-state index in [2.05, 4.69) is 15.9 Å². The Morgan fingerprint density at radius 3 is 2.46 bits per heavy atom. The van der Waals surface area contributed by atoms with Crippen LogP contribution < -0.4 is 5.73 Å². The predicted molar refractivity (Wildman–Crippen MR) is 56.4 cm³/mol. The lowest BCUT2D eigenvalue weighted by Crippen LogP contribution is -2.20. The van der Waals surface area contributed by atoms with E-state index in [1.165, 1.54) is 6.07 Å². The lowest BCUT2D eigenvalue weighted by atomic mass is 10.1. The Hall–Kier alpha value is -0.120. The molecule has 1 aliphatic carbocycles. The molecule has 0 aliphatic heterocycles. The molecule has 0 bridgehead atoms. The molecule has 0 saturated heterocycles. The van der Waals surface area contributed by atoms with Crippen LogP contribution in [0.1, 0.15) is 18.4 Å². The van der Waals surface area contributed by atoms with Crippen LogP contribution in [0.2, 0.25) is 0 Å². The van der Waals surface area contributed by atoms with E-state index >= 15 is 0 Å². The van der Waals surface area contributed by atoms with E-state index in [9.17, 15) is 4.39 Å². The minimum absolute atomic E-state index is 0. The Bertz CT molecular complexity index is 325. The molecule has 0 radical (unpaired) electrons. The highest BCUT2D eigenvalue weighted by atomic mass is 79.9. The Morgan fingerprint density at radius 1 is 1.38 bits per heavy atom. The molecule has 2 rings (SSSR count). The van der Waals surface area contributed by atoms with Gasteiger partial charge in [-0.2, -0.15) is 0 Å². The zero-order valence-electron chi connectivity index (χ0n) is 6.89. The molecule has 2 N–H and O–H groups in total. The third kappa shape index (κ3) is 2.03. The quantitative estimate of drug-likeness (QED) is 0.831. The fourth-order valence-corrected chi connectivity index (χ4v) is 1.63. The second-order valence-corrected chi connectivity index (χ2v) is 4.20. The smallest absolute Gasteiger partial charge is 0.129 e. The van der Waals surface area contributed by atoms with Gasteiger partial charge in [-0.25, -0.2) is 4.39 Å². The minimum Gasteiger partial charge on any atom is -0.321 e. The monoisotopic (exact) mass is 265 g/mol. The van der Waals surface area contributed by atoms with Gasteiger partial charge in [0.2, 0.25) is 0 Å². The molecule has 1 fully saturated rings. The van der Waals surface area contributed by atoms with Gasteiger partial charge in [0.1, 0.15) is 5.82 Å². The molecular weight excluding hydrogens is 256 g/mol. The molecule has 1 saturated carbocycles. The van der Waals surface area contributed by atoms with Gasteiger partial charge < -0.3 is 5.73 Å². The van der Waals surface area contributed by atoms with Crippen molar-refractivity contribution in [2.24, 2.45) is 5.73 Å². The summed E-state index contributed by atoms with van der Waals surface area (Å²) in [4.78, 5) is 0. The molecule has 72 valence electrons. The van der Waals surface area contributed by atoms with Gasteiger partial charge in [0, 0.05) is 15.6 Å². The Morgan fingerprint density at radius 2 is 2.00 bits per heavy atom. The largest absolute Gasteiger partial charge is 0.321 e. The third-order valence-electron chi connectivity index (χ3n) is 2.26. The Labute approximate surface area is 91.0 Å². The second kappa shape index (κ2) is 3.56. The number of halogens is 3. The highest BCUT2D eigenvalue weighted by Crippen LogP contribution is 2.43. The average Bonchev–Trinajstić information content (AvgIpc) is 2.68. The van der Waals surface area contributed by atoms with E-state index in [4.69, 9.17) is 5.73 Å². The standard InChI is InChI=1S/C9H9BrFN.ClH/c10-6-1-2-7(8(11)5-6)9(12)3-4-9;/h1-2,5H,3-4,12H2;1H. The summed E-state index contributed by atoms with van der Waals surface area (Å²) in [5, 5.41) is 0. The predicted octanol–water partition coefficient (Wildman–Crippen LogP) is 2.96. The van der Waals surface area contributed by atoms with Gasteiger partial charge in [0.25, 0.3) is 0 Å². The van der Waals surface area contributed by atoms with Crippen LogP contribution in [0.25, 0.3) is 0 Å². The first-order valence-corrected chi connectivity index (χ1v) is 4.65. The van der Waals surface area contributed by atoms with Crippen molar-refractivity contribution in [1.82, 2.24) is 0 Å². The molecule has 0 unspecified atom stereocenters. The van der Waals surface area contributed by atoms with E-state index in [1.807, 2.05) is 6.07 Å². The fraction of sp³-hybridized carbons (Fsp3) is 0.333. The van der Waals surface area contributed by atoms with Crippen LogP contribution in [0.3, 0.4) is 0 Å². The van der Waals surface area contributed by atoms with Gasteiger partial charge in [-0.15, -0.1) is 12.4 Å². The molecule has 0 aromatic heterocycles. The van der Waals surface area contributed by atoms with Crippen molar-refractivity contribution in [3.8, 4) is 0 Å². The van der Waals surface area contributed by atoms with Crippen molar-refractivity contribution < 1.29 is 4.39 Å². The first-order valence-electron chi connectivity index (χ1n) is 3.86. The van der Waals surface area contributed by atoms with E-state index in [-0.39, 0.29) is 23.8 Å². The summed E-state index contributed by atoms with van der Waals surface area (Å²) >= 11 is 3.20. The average molecular weight is 267 g/mol. The number of hydrogen-bond acceptors (Lipinski definition) is 1. The Kier molecular flexibility index (Phi) is 3.00. The SMILES string of the molecule is Cl.NC1(c2ccc(Br)cc2F)CC1. The van der Waals surface area contributed by atoms with Crippen LogP contribution in [0, 0.1) is 5.82 Å². The summed E-state index contributed by atoms with van der Waals surface area (Å²) in [7, 11) is 0. The zero-order chi connectivity index (χ0) is 8.77. The lowest BCUT2D eigenvalue weighted by molar-refractivity contribution is 0.577. The summed E-state index contributed by atoms with van der Waals surface area (Å²) < 4.78 is 14.0. The van der Waals surface area contributed by atoms with Crippen LogP contribution in [0.4, 0.5) is 4.39 Å². The maximum atomic E-state index is 13.3. The maximum absolute atomic E-state index is 13.3. The number of hydrogen-bond donors (Lipinski definition) is 1. The summed E-state index contributed by atoms with van der Waals surface area (Å²) in [5.74, 6) is -0.204. The molecule has 1 aliphatic rings. The van der Waals surface area contributed by atoms with E-state index in [1.54, 1.807) is 6.07 Å². The topological polar surface area (TPSA) is 26.0 Å². The van der Waals surface area contributed by atoms with Gasteiger partial charge in [-0.1, -0.05) is 22.0 Å². The summed E-state index contributed by atoms with van der Waals surface area (Å²) in [6, 6.07) is 5.04. The normalized spacial score (nSPS) is 17.8. The van der Waals surface area contributed by atoms with Gasteiger partial charge in [0.15, 0.2) is 0 Å². The molecule has 0 spiro atoms. The first-order chi connectivity index (χ1) is 5.62. The molecule has 0 amide bonds. The molecule has 0 atom stereocenters. The second-order valence-electron chi connectivity index (χ2n) is 3.28. The molecule has 0 heterocycles. The van der Waals surface area contributed by atoms with Crippen molar-refractivity contribution >= 4 is 28.3 Å². The summed E-state index contributed by atoms with van der Waals surface area (Å²) in [6.45, 7) is 0. The summed E-state index contributed by atoms with van der Waals surface area (Å²) in [5.41, 5.74) is 6.14. The van der Waals surface area contributed by atoms with Crippen LogP contribution in [0.5, 0.6) is 0 Å².